The Hall–Kier alpha value is -2.68. The molecule has 3 rings (SSSR count). The first-order valence-corrected chi connectivity index (χ1v) is 11.3. The van der Waals surface area contributed by atoms with Crippen molar-refractivity contribution in [3.63, 3.8) is 0 Å². The molecule has 10 nitrogen and oxygen atoms in total. The monoisotopic (exact) mass is 437 g/mol. The standard InChI is InChI=1S/C19H24N3O7P/c1-2-3-10-26-18(23)15-6-4-5-7-16(15)29-30(25)13-27-14(12-28-30)11-22-9-8-17(20)21-19(22)24/h4-9,14H,2-3,10-13H2,1H3,(H2,20,21,24)/t14-,30?/m1/s1. The maximum absolute atomic E-state index is 12.9. The van der Waals surface area contributed by atoms with Crippen molar-refractivity contribution >= 4 is 19.4 Å². The average Bonchev–Trinajstić information content (AvgIpc) is 2.72. The van der Waals surface area contributed by atoms with Gasteiger partial charge in [-0.3, -0.25) is 9.09 Å². The van der Waals surface area contributed by atoms with E-state index in [4.69, 9.17) is 24.3 Å². The number of nitrogen functional groups attached to an aromatic ring is 1. The van der Waals surface area contributed by atoms with Crippen molar-refractivity contribution < 1.29 is 27.9 Å². The number of anilines is 1. The van der Waals surface area contributed by atoms with Crippen molar-refractivity contribution in [1.82, 2.24) is 9.55 Å². The van der Waals surface area contributed by atoms with Crippen LogP contribution in [0.1, 0.15) is 30.1 Å². The molecule has 162 valence electrons. The number of hydrogen-bond donors (Lipinski definition) is 1. The number of carbonyl (C=O) groups excluding carboxylic acids is 1. The zero-order valence-electron chi connectivity index (χ0n) is 16.6. The van der Waals surface area contributed by atoms with Gasteiger partial charge in [-0.05, 0) is 24.6 Å². The minimum Gasteiger partial charge on any atom is -0.462 e. The summed E-state index contributed by atoms with van der Waals surface area (Å²) in [6.07, 6.45) is 2.30. The molecule has 0 radical (unpaired) electrons. The zero-order valence-corrected chi connectivity index (χ0v) is 17.5. The van der Waals surface area contributed by atoms with E-state index in [1.807, 2.05) is 6.92 Å². The molecule has 0 amide bonds. The van der Waals surface area contributed by atoms with Crippen molar-refractivity contribution in [3.05, 3.63) is 52.6 Å². The minimum absolute atomic E-state index is 0.0583. The van der Waals surface area contributed by atoms with Gasteiger partial charge in [0.15, 0.2) is 6.35 Å². The smallest absolute Gasteiger partial charge is 0.404 e. The predicted octanol–water partition coefficient (Wildman–Crippen LogP) is 2.43. The number of benzene rings is 1. The van der Waals surface area contributed by atoms with Crippen LogP contribution in [-0.4, -0.2) is 41.2 Å². The van der Waals surface area contributed by atoms with Gasteiger partial charge >= 0.3 is 19.3 Å². The van der Waals surface area contributed by atoms with E-state index in [0.717, 1.165) is 12.8 Å². The lowest BCUT2D eigenvalue weighted by Crippen LogP contribution is -2.35. The molecular formula is C19H24N3O7P. The van der Waals surface area contributed by atoms with Crippen LogP contribution in [0.25, 0.3) is 0 Å². The molecule has 1 fully saturated rings. The van der Waals surface area contributed by atoms with Gasteiger partial charge < -0.3 is 19.7 Å². The number of rotatable bonds is 8. The molecule has 1 aliphatic heterocycles. The third-order valence-electron chi connectivity index (χ3n) is 4.30. The summed E-state index contributed by atoms with van der Waals surface area (Å²) in [6.45, 7) is 2.38. The summed E-state index contributed by atoms with van der Waals surface area (Å²) < 4.78 is 36.0. The van der Waals surface area contributed by atoms with Gasteiger partial charge in [0.05, 0.1) is 19.8 Å². The van der Waals surface area contributed by atoms with Crippen LogP contribution in [0.15, 0.2) is 41.3 Å². The molecule has 1 saturated heterocycles. The molecular weight excluding hydrogens is 413 g/mol. The highest BCUT2D eigenvalue weighted by Gasteiger charge is 2.36. The van der Waals surface area contributed by atoms with Gasteiger partial charge in [0.1, 0.15) is 23.2 Å². The fourth-order valence-electron chi connectivity index (χ4n) is 2.69. The maximum Gasteiger partial charge on any atom is 0.404 e. The SMILES string of the molecule is CCCCOC(=O)c1ccccc1OP1(=O)CO[C@H](Cn2ccc(N)nc2=O)CO1. The van der Waals surface area contributed by atoms with Crippen molar-refractivity contribution in [2.24, 2.45) is 0 Å². The van der Waals surface area contributed by atoms with Crippen molar-refractivity contribution in [2.75, 3.05) is 25.3 Å². The van der Waals surface area contributed by atoms with Crippen LogP contribution in [0, 0.1) is 0 Å². The molecule has 0 saturated carbocycles. The third-order valence-corrected chi connectivity index (χ3v) is 5.78. The molecule has 0 spiro atoms. The Balaban J connectivity index is 1.61. The first kappa shape index (κ1) is 22.0. The van der Waals surface area contributed by atoms with Gasteiger partial charge in [-0.1, -0.05) is 25.5 Å². The molecule has 11 heteroatoms. The number of ether oxygens (including phenoxy) is 2. The van der Waals surface area contributed by atoms with Gasteiger partial charge in [0, 0.05) is 6.20 Å². The van der Waals surface area contributed by atoms with Crippen LogP contribution in [-0.2, 0) is 25.1 Å². The highest BCUT2D eigenvalue weighted by molar-refractivity contribution is 7.54. The van der Waals surface area contributed by atoms with E-state index < -0.39 is 25.4 Å². The van der Waals surface area contributed by atoms with Gasteiger partial charge in [-0.25, -0.2) is 14.2 Å². The van der Waals surface area contributed by atoms with Crippen molar-refractivity contribution in [2.45, 2.75) is 32.4 Å². The molecule has 1 aromatic carbocycles. The number of nitrogens with two attached hydrogens (primary N) is 1. The number of para-hydroxylation sites is 1. The van der Waals surface area contributed by atoms with Crippen LogP contribution in [0.3, 0.4) is 0 Å². The lowest BCUT2D eigenvalue weighted by Gasteiger charge is -2.29. The van der Waals surface area contributed by atoms with Crippen LogP contribution in [0.4, 0.5) is 5.82 Å². The molecule has 1 aliphatic rings. The molecule has 0 aliphatic carbocycles. The average molecular weight is 437 g/mol. The van der Waals surface area contributed by atoms with Crippen LogP contribution in [0.2, 0.25) is 0 Å². The Kier molecular flexibility index (Phi) is 7.25. The fourth-order valence-corrected chi connectivity index (χ4v) is 4.11. The molecule has 2 N–H and O–H groups in total. The Morgan fingerprint density at radius 2 is 2.17 bits per heavy atom. The number of hydrogen-bond acceptors (Lipinski definition) is 9. The van der Waals surface area contributed by atoms with E-state index in [1.54, 1.807) is 12.1 Å². The molecule has 2 atom stereocenters. The van der Waals surface area contributed by atoms with Crippen LogP contribution in [0.5, 0.6) is 5.75 Å². The molecule has 2 aromatic rings. The number of unbranched alkanes of at least 4 members (excludes halogenated alkanes) is 1. The summed E-state index contributed by atoms with van der Waals surface area (Å²) in [7, 11) is -3.65. The molecule has 1 aromatic heterocycles. The van der Waals surface area contributed by atoms with Gasteiger partial charge in [-0.2, -0.15) is 4.98 Å². The first-order chi connectivity index (χ1) is 14.4. The molecule has 1 unspecified atom stereocenters. The van der Waals surface area contributed by atoms with E-state index >= 15 is 0 Å². The summed E-state index contributed by atoms with van der Waals surface area (Å²) in [5.41, 5.74) is 5.12. The second kappa shape index (κ2) is 9.88. The first-order valence-electron chi connectivity index (χ1n) is 9.54. The summed E-state index contributed by atoms with van der Waals surface area (Å²) in [6, 6.07) is 7.86. The van der Waals surface area contributed by atoms with Gasteiger partial charge in [0.25, 0.3) is 0 Å². The Bertz CT molecular complexity index is 982. The number of nitrogens with zero attached hydrogens (tertiary/aromatic N) is 2. The topological polar surface area (TPSA) is 132 Å². The van der Waals surface area contributed by atoms with Crippen molar-refractivity contribution in [1.29, 1.82) is 0 Å². The normalized spacial score (nSPS) is 21.2. The number of carbonyl (C=O) groups is 1. The molecule has 0 bridgehead atoms. The Labute approximate surface area is 173 Å². The summed E-state index contributed by atoms with van der Waals surface area (Å²) >= 11 is 0. The van der Waals surface area contributed by atoms with E-state index in [0.29, 0.717) is 6.61 Å². The largest absolute Gasteiger partial charge is 0.462 e. The Morgan fingerprint density at radius 1 is 1.37 bits per heavy atom. The predicted molar refractivity (Wildman–Crippen MR) is 108 cm³/mol. The zero-order chi connectivity index (χ0) is 21.6. The maximum atomic E-state index is 12.9. The van der Waals surface area contributed by atoms with Gasteiger partial charge in [-0.15, -0.1) is 0 Å². The summed E-state index contributed by atoms with van der Waals surface area (Å²) in [5, 5.41) is 0. The second-order valence-corrected chi connectivity index (χ2v) is 8.61. The van der Waals surface area contributed by atoms with Crippen LogP contribution < -0.4 is 15.9 Å². The number of aromatic nitrogens is 2. The van der Waals surface area contributed by atoms with E-state index in [9.17, 15) is 14.2 Å². The molecule has 30 heavy (non-hydrogen) atoms. The summed E-state index contributed by atoms with van der Waals surface area (Å²) in [5.74, 6) is -0.332. The second-order valence-electron chi connectivity index (χ2n) is 6.69. The Morgan fingerprint density at radius 3 is 2.87 bits per heavy atom. The van der Waals surface area contributed by atoms with E-state index in [2.05, 4.69) is 4.98 Å². The van der Waals surface area contributed by atoms with Crippen molar-refractivity contribution in [3.8, 4) is 5.75 Å². The fraction of sp³-hybridized carbons (Fsp3) is 0.421. The van der Waals surface area contributed by atoms with E-state index in [1.165, 1.54) is 29.0 Å². The molecule has 2 heterocycles. The lowest BCUT2D eigenvalue weighted by molar-refractivity contribution is -0.00714. The number of esters is 1. The van der Waals surface area contributed by atoms with Gasteiger partial charge in [0.2, 0.25) is 0 Å². The quantitative estimate of drug-likeness (QED) is 0.376. The highest BCUT2D eigenvalue weighted by atomic mass is 31.2. The van der Waals surface area contributed by atoms with Crippen LogP contribution >= 0.6 is 7.60 Å². The highest BCUT2D eigenvalue weighted by Crippen LogP contribution is 2.51. The minimum atomic E-state index is -3.65. The summed E-state index contributed by atoms with van der Waals surface area (Å²) in [4.78, 5) is 27.8. The third kappa shape index (κ3) is 5.69. The van der Waals surface area contributed by atoms with E-state index in [-0.39, 0.29) is 36.6 Å². The lowest BCUT2D eigenvalue weighted by atomic mass is 10.2.